The number of carbonyl (C=O) groups excluding carboxylic acids is 4. The standard InChI is InChI=1S/C42H46F3N5O5/c1-41(38(52)46-27-30-14-11-17-32(26-30)42(43,44)45,39(53)48-24-20-33(21-25-48)47-22-9-4-10-23-47)50-34(19-18-29-12-5-2-6-13-29)36(37(50)51)49-35(28-55-40(49)54)31-15-7-3-8-16-31/h2-3,5-8,11-19,26,33-36H,4,9-10,20-25,27-28H2,1H3,(H,46,52)/b19-18+/t34-,35-,36+,41?/m1/s1. The summed E-state index contributed by atoms with van der Waals surface area (Å²) >= 11 is 0. The molecule has 3 aromatic carbocycles. The molecule has 0 spiro atoms. The molecule has 10 nitrogen and oxygen atoms in total. The largest absolute Gasteiger partial charge is 0.447 e. The van der Waals surface area contributed by atoms with Gasteiger partial charge in [0.05, 0.1) is 17.6 Å². The van der Waals surface area contributed by atoms with Gasteiger partial charge in [-0.3, -0.25) is 19.3 Å². The lowest BCUT2D eigenvalue weighted by atomic mass is 9.81. The molecule has 4 atom stereocenters. The summed E-state index contributed by atoms with van der Waals surface area (Å²) in [4.78, 5) is 64.3. The molecule has 1 unspecified atom stereocenters. The molecule has 0 bridgehead atoms. The molecule has 0 radical (unpaired) electrons. The summed E-state index contributed by atoms with van der Waals surface area (Å²) in [5.41, 5.74) is -1.25. The number of amides is 4. The van der Waals surface area contributed by atoms with Crippen molar-refractivity contribution in [2.45, 2.75) is 81.5 Å². The molecule has 4 aliphatic rings. The zero-order chi connectivity index (χ0) is 38.7. The molecule has 4 heterocycles. The van der Waals surface area contributed by atoms with Gasteiger partial charge in [0.2, 0.25) is 5.91 Å². The Morgan fingerprint density at radius 1 is 0.873 bits per heavy atom. The van der Waals surface area contributed by atoms with Crippen LogP contribution in [0, 0.1) is 0 Å². The highest BCUT2D eigenvalue weighted by atomic mass is 19.4. The Hall–Kier alpha value is -5.17. The number of nitrogens with zero attached hydrogens (tertiary/aromatic N) is 4. The molecule has 290 valence electrons. The molecule has 3 aromatic rings. The normalized spacial score (nSPS) is 23.7. The minimum atomic E-state index is -4.59. The van der Waals surface area contributed by atoms with Gasteiger partial charge < -0.3 is 24.8 Å². The molecule has 0 aromatic heterocycles. The minimum absolute atomic E-state index is 0.0153. The van der Waals surface area contributed by atoms with Gasteiger partial charge in [0.1, 0.15) is 12.6 Å². The van der Waals surface area contributed by atoms with Crippen LogP contribution in [0.5, 0.6) is 0 Å². The summed E-state index contributed by atoms with van der Waals surface area (Å²) in [7, 11) is 0. The highest BCUT2D eigenvalue weighted by Crippen LogP contribution is 2.42. The highest BCUT2D eigenvalue weighted by Gasteiger charge is 2.64. The summed E-state index contributed by atoms with van der Waals surface area (Å²) in [5, 5.41) is 2.71. The molecule has 55 heavy (non-hydrogen) atoms. The number of alkyl halides is 3. The number of hydrogen-bond donors (Lipinski definition) is 1. The smallest absolute Gasteiger partial charge is 0.416 e. The van der Waals surface area contributed by atoms with Crippen LogP contribution in [0.3, 0.4) is 0 Å². The molecule has 4 fully saturated rings. The van der Waals surface area contributed by atoms with Gasteiger partial charge in [-0.2, -0.15) is 13.2 Å². The second-order valence-electron chi connectivity index (χ2n) is 14.9. The quantitative estimate of drug-likeness (QED) is 0.200. The van der Waals surface area contributed by atoms with Crippen molar-refractivity contribution in [3.05, 3.63) is 113 Å². The van der Waals surface area contributed by atoms with Gasteiger partial charge in [-0.15, -0.1) is 0 Å². The van der Waals surface area contributed by atoms with E-state index in [0.717, 1.165) is 49.2 Å². The van der Waals surface area contributed by atoms with Gasteiger partial charge in [0.15, 0.2) is 5.54 Å². The number of carbonyl (C=O) groups is 4. The molecule has 0 saturated carbocycles. The SMILES string of the molecule is CC(C(=O)NCc1cccc(C(F)(F)F)c1)(C(=O)N1CCC(N2CCCCC2)CC1)N1C(=O)[C@@H](N2C(=O)OC[C@@H]2c2ccccc2)[C@H]1/C=C/c1ccccc1. The minimum Gasteiger partial charge on any atom is -0.447 e. The van der Waals surface area contributed by atoms with Gasteiger partial charge >= 0.3 is 12.3 Å². The number of halogens is 3. The maximum atomic E-state index is 14.9. The van der Waals surface area contributed by atoms with Crippen LogP contribution >= 0.6 is 0 Å². The lowest BCUT2D eigenvalue weighted by molar-refractivity contribution is -0.179. The Labute approximate surface area is 318 Å². The van der Waals surface area contributed by atoms with Crippen molar-refractivity contribution >= 4 is 29.9 Å². The lowest BCUT2D eigenvalue weighted by Crippen LogP contribution is -2.80. The first kappa shape index (κ1) is 38.1. The van der Waals surface area contributed by atoms with Crippen LogP contribution in [0.4, 0.5) is 18.0 Å². The van der Waals surface area contributed by atoms with E-state index in [1.165, 1.54) is 35.3 Å². The highest BCUT2D eigenvalue weighted by molar-refractivity contribution is 6.14. The Kier molecular flexibility index (Phi) is 11.0. The van der Waals surface area contributed by atoms with E-state index in [2.05, 4.69) is 10.2 Å². The van der Waals surface area contributed by atoms with Crippen LogP contribution in [-0.2, 0) is 31.8 Å². The van der Waals surface area contributed by atoms with Crippen molar-refractivity contribution < 1.29 is 37.1 Å². The first-order chi connectivity index (χ1) is 26.5. The zero-order valence-corrected chi connectivity index (χ0v) is 30.8. The number of nitrogens with one attached hydrogen (secondary N) is 1. The Morgan fingerprint density at radius 2 is 1.55 bits per heavy atom. The van der Waals surface area contributed by atoms with Crippen LogP contribution in [-0.4, -0.2) is 99.9 Å². The summed E-state index contributed by atoms with van der Waals surface area (Å²) in [6.45, 7) is 3.88. The summed E-state index contributed by atoms with van der Waals surface area (Å²) in [6.07, 6.45) is 3.12. The zero-order valence-electron chi connectivity index (χ0n) is 30.8. The van der Waals surface area contributed by atoms with E-state index in [9.17, 15) is 32.3 Å². The van der Waals surface area contributed by atoms with Crippen molar-refractivity contribution in [2.75, 3.05) is 32.8 Å². The number of β-lactam (4-membered cyclic amide) rings is 1. The predicted molar refractivity (Wildman–Crippen MR) is 199 cm³/mol. The topological polar surface area (TPSA) is 103 Å². The number of benzene rings is 3. The average molecular weight is 758 g/mol. The van der Waals surface area contributed by atoms with Crippen molar-refractivity contribution in [1.29, 1.82) is 0 Å². The molecular weight excluding hydrogens is 711 g/mol. The van der Waals surface area contributed by atoms with Crippen molar-refractivity contribution in [2.24, 2.45) is 0 Å². The lowest BCUT2D eigenvalue weighted by Gasteiger charge is -2.56. The second-order valence-corrected chi connectivity index (χ2v) is 14.9. The van der Waals surface area contributed by atoms with Gasteiger partial charge in [-0.1, -0.05) is 91.4 Å². The van der Waals surface area contributed by atoms with Crippen molar-refractivity contribution in [3.8, 4) is 0 Å². The summed E-state index contributed by atoms with van der Waals surface area (Å²) in [5.74, 6) is -2.03. The third-order valence-corrected chi connectivity index (χ3v) is 11.5. The molecule has 7 rings (SSSR count). The van der Waals surface area contributed by atoms with Crippen LogP contribution < -0.4 is 5.32 Å². The van der Waals surface area contributed by atoms with E-state index in [0.29, 0.717) is 32.0 Å². The van der Waals surface area contributed by atoms with Crippen LogP contribution in [0.2, 0.25) is 0 Å². The van der Waals surface area contributed by atoms with Gasteiger partial charge in [-0.05, 0) is 74.5 Å². The van der Waals surface area contributed by atoms with E-state index >= 15 is 0 Å². The maximum Gasteiger partial charge on any atom is 0.416 e. The number of ether oxygens (including phenoxy) is 1. The average Bonchev–Trinajstić information content (AvgIpc) is 3.58. The van der Waals surface area contributed by atoms with E-state index in [1.807, 2.05) is 60.7 Å². The maximum absolute atomic E-state index is 14.9. The first-order valence-corrected chi connectivity index (χ1v) is 19.0. The number of piperidine rings is 2. The molecular formula is C42H46F3N5O5. The van der Waals surface area contributed by atoms with Crippen LogP contribution in [0.1, 0.15) is 67.3 Å². The molecule has 4 saturated heterocycles. The van der Waals surface area contributed by atoms with Crippen molar-refractivity contribution in [3.63, 3.8) is 0 Å². The Balaban J connectivity index is 1.23. The summed E-state index contributed by atoms with van der Waals surface area (Å²) in [6, 6.07) is 20.8. The third kappa shape index (κ3) is 7.71. The van der Waals surface area contributed by atoms with E-state index in [-0.39, 0.29) is 18.7 Å². The van der Waals surface area contributed by atoms with Crippen molar-refractivity contribution in [1.82, 2.24) is 24.9 Å². The van der Waals surface area contributed by atoms with E-state index < -0.39 is 59.2 Å². The number of cyclic esters (lactones) is 1. The van der Waals surface area contributed by atoms with Gasteiger partial charge in [0, 0.05) is 25.7 Å². The molecule has 4 aliphatic heterocycles. The van der Waals surface area contributed by atoms with Crippen LogP contribution in [0.25, 0.3) is 6.08 Å². The van der Waals surface area contributed by atoms with E-state index in [4.69, 9.17) is 4.74 Å². The first-order valence-electron chi connectivity index (χ1n) is 19.0. The Bertz CT molecular complexity index is 1900. The second kappa shape index (κ2) is 15.9. The van der Waals surface area contributed by atoms with Gasteiger partial charge in [-0.25, -0.2) is 4.79 Å². The van der Waals surface area contributed by atoms with Crippen LogP contribution in [0.15, 0.2) is 91.0 Å². The fraction of sp³-hybridized carbons (Fsp3) is 0.429. The monoisotopic (exact) mass is 757 g/mol. The number of likely N-dealkylation sites (tertiary alicyclic amines) is 3. The third-order valence-electron chi connectivity index (χ3n) is 11.5. The van der Waals surface area contributed by atoms with E-state index in [1.54, 1.807) is 17.1 Å². The Morgan fingerprint density at radius 3 is 2.22 bits per heavy atom. The van der Waals surface area contributed by atoms with Gasteiger partial charge in [0.25, 0.3) is 11.8 Å². The fourth-order valence-corrected chi connectivity index (χ4v) is 8.48. The fourth-order valence-electron chi connectivity index (χ4n) is 8.48. The number of hydrogen-bond acceptors (Lipinski definition) is 6. The molecule has 0 aliphatic carbocycles. The molecule has 1 N–H and O–H groups in total. The molecule has 13 heteroatoms. The number of rotatable bonds is 10. The molecule has 4 amide bonds. The summed E-state index contributed by atoms with van der Waals surface area (Å²) < 4.78 is 46.2. The predicted octanol–water partition coefficient (Wildman–Crippen LogP) is 6.04.